The number of carbonyl (C=O) groups excluding carboxylic acids is 1. The first-order chi connectivity index (χ1) is 24.9. The van der Waals surface area contributed by atoms with Crippen LogP contribution in [-0.2, 0) is 24.8 Å². The number of carboxylic acid groups (broad SMARTS) is 1. The lowest BCUT2D eigenvalue weighted by Crippen LogP contribution is -2.38. The summed E-state index contributed by atoms with van der Waals surface area (Å²) >= 11 is 13.5. The molecule has 0 radical (unpaired) electrons. The molecule has 1 aliphatic heterocycles. The van der Waals surface area contributed by atoms with E-state index in [0.29, 0.717) is 55.6 Å². The van der Waals surface area contributed by atoms with E-state index in [1.54, 1.807) is 12.1 Å². The summed E-state index contributed by atoms with van der Waals surface area (Å²) in [5, 5.41) is 19.7. The number of anilines is 1. The number of carbonyl (C=O) groups is 2. The van der Waals surface area contributed by atoms with Gasteiger partial charge in [0.15, 0.2) is 5.78 Å². The van der Waals surface area contributed by atoms with Crippen LogP contribution < -0.4 is 10.1 Å². The molecule has 5 aromatic rings. The maximum Gasteiger partial charge on any atom is 0.335 e. The van der Waals surface area contributed by atoms with Crippen LogP contribution in [0.3, 0.4) is 0 Å². The minimum Gasteiger partial charge on any atom is -0.494 e. The molecule has 12 heteroatoms. The SMILES string of the molecule is Cc1cc(OCCCc2c(C(=O)CNc3cccc(C(=O)O)c3)n(CCN3CCOCC3)c3c(-c4c(C)nn(C)c4C)c(Cl)ccc23)cc(C)c1Cl. The molecule has 2 N–H and O–H groups in total. The van der Waals surface area contributed by atoms with E-state index in [-0.39, 0.29) is 17.9 Å². The van der Waals surface area contributed by atoms with Gasteiger partial charge in [-0.05, 0) is 93.6 Å². The molecule has 1 aliphatic rings. The number of benzene rings is 3. The van der Waals surface area contributed by atoms with Crippen LogP contribution in [0.15, 0.2) is 48.5 Å². The Hall–Kier alpha value is -4.35. The number of fused-ring (bicyclic) bond motifs is 1. The van der Waals surface area contributed by atoms with Gasteiger partial charge in [0.05, 0.1) is 53.9 Å². The van der Waals surface area contributed by atoms with Gasteiger partial charge in [0.25, 0.3) is 0 Å². The van der Waals surface area contributed by atoms with Crippen molar-refractivity contribution < 1.29 is 24.2 Å². The molecular formula is C40H45Cl2N5O5. The fourth-order valence-electron chi connectivity index (χ4n) is 7.18. The molecule has 274 valence electrons. The Balaban J connectivity index is 1.44. The van der Waals surface area contributed by atoms with E-state index in [1.807, 2.05) is 63.7 Å². The zero-order chi connectivity index (χ0) is 37.1. The van der Waals surface area contributed by atoms with E-state index in [1.165, 1.54) is 12.1 Å². The number of Topliss-reactive ketones (excluding diaryl/α,β-unsaturated/α-hetero) is 1. The number of hydrogen-bond acceptors (Lipinski definition) is 7. The summed E-state index contributed by atoms with van der Waals surface area (Å²) in [7, 11) is 1.92. The van der Waals surface area contributed by atoms with Gasteiger partial charge in [-0.3, -0.25) is 14.4 Å². The van der Waals surface area contributed by atoms with Crippen LogP contribution in [0.5, 0.6) is 5.75 Å². The second-order valence-corrected chi connectivity index (χ2v) is 14.2. The molecule has 1 saturated heterocycles. The van der Waals surface area contributed by atoms with Crippen molar-refractivity contribution >= 4 is 51.5 Å². The Kier molecular flexibility index (Phi) is 11.6. The molecule has 3 heterocycles. The molecule has 10 nitrogen and oxygen atoms in total. The van der Waals surface area contributed by atoms with Crippen LogP contribution in [0.1, 0.15) is 55.3 Å². The Labute approximate surface area is 314 Å². The van der Waals surface area contributed by atoms with E-state index in [2.05, 4.69) is 14.8 Å². The molecule has 3 aromatic carbocycles. The van der Waals surface area contributed by atoms with Gasteiger partial charge in [0.1, 0.15) is 5.75 Å². The number of aryl methyl sites for hydroxylation is 5. The number of halogens is 2. The topological polar surface area (TPSA) is 111 Å². The minimum atomic E-state index is -1.03. The molecule has 0 amide bonds. The van der Waals surface area contributed by atoms with Crippen molar-refractivity contribution in [3.8, 4) is 16.9 Å². The first kappa shape index (κ1) is 37.4. The Morgan fingerprint density at radius 2 is 1.71 bits per heavy atom. The molecule has 0 atom stereocenters. The van der Waals surface area contributed by atoms with Gasteiger partial charge in [0.2, 0.25) is 0 Å². The summed E-state index contributed by atoms with van der Waals surface area (Å²) in [6.07, 6.45) is 1.23. The number of nitrogens with one attached hydrogen (secondary N) is 1. The van der Waals surface area contributed by atoms with E-state index in [4.69, 9.17) is 37.8 Å². The average Bonchev–Trinajstić information content (AvgIpc) is 3.58. The molecule has 0 unspecified atom stereocenters. The van der Waals surface area contributed by atoms with Gasteiger partial charge in [-0.1, -0.05) is 35.3 Å². The maximum absolute atomic E-state index is 14.6. The molecule has 0 bridgehead atoms. The third-order valence-electron chi connectivity index (χ3n) is 9.86. The van der Waals surface area contributed by atoms with Gasteiger partial charge < -0.3 is 24.5 Å². The van der Waals surface area contributed by atoms with Crippen molar-refractivity contribution in [2.45, 2.75) is 47.1 Å². The zero-order valence-corrected chi connectivity index (χ0v) is 31.8. The maximum atomic E-state index is 14.6. The van der Waals surface area contributed by atoms with Gasteiger partial charge in [-0.15, -0.1) is 0 Å². The van der Waals surface area contributed by atoms with Gasteiger partial charge in [-0.2, -0.15) is 5.10 Å². The standard InChI is InChI=1S/C40H45Cl2N5O5/c1-24-20-30(21-25(2)37(24)42)52-17-7-10-31-32-11-12-33(41)36(35-26(3)44-45(5)27(35)4)39(32)47(14-13-46-15-18-51-19-16-46)38(31)34(48)23-43-29-9-6-8-28(22-29)40(49)50/h6,8-9,11-12,20-22,43H,7,10,13-19,23H2,1-5H3,(H,49,50). The largest absolute Gasteiger partial charge is 0.494 e. The highest BCUT2D eigenvalue weighted by Gasteiger charge is 2.28. The van der Waals surface area contributed by atoms with Crippen molar-refractivity contribution in [3.05, 3.63) is 97.9 Å². The summed E-state index contributed by atoms with van der Waals surface area (Å²) in [6.45, 7) is 12.6. The Morgan fingerprint density at radius 3 is 2.38 bits per heavy atom. The number of rotatable bonds is 14. The monoisotopic (exact) mass is 745 g/mol. The number of carboxylic acids is 1. The fourth-order valence-corrected chi connectivity index (χ4v) is 7.54. The molecule has 6 rings (SSSR count). The number of nitrogens with zero attached hydrogens (tertiary/aromatic N) is 4. The van der Waals surface area contributed by atoms with E-state index >= 15 is 0 Å². The number of ketones is 1. The van der Waals surface area contributed by atoms with Gasteiger partial charge >= 0.3 is 5.97 Å². The molecule has 0 aliphatic carbocycles. The summed E-state index contributed by atoms with van der Waals surface area (Å²) < 4.78 is 15.8. The van der Waals surface area contributed by atoms with Crippen molar-refractivity contribution in [2.24, 2.45) is 7.05 Å². The van der Waals surface area contributed by atoms with Crippen molar-refractivity contribution in [1.82, 2.24) is 19.2 Å². The third-order valence-corrected chi connectivity index (χ3v) is 10.8. The van der Waals surface area contributed by atoms with Crippen LogP contribution in [0.25, 0.3) is 22.0 Å². The fraction of sp³-hybridized carbons (Fsp3) is 0.375. The summed E-state index contributed by atoms with van der Waals surface area (Å²) in [6, 6.07) is 14.3. The Morgan fingerprint density at radius 1 is 0.981 bits per heavy atom. The zero-order valence-electron chi connectivity index (χ0n) is 30.3. The lowest BCUT2D eigenvalue weighted by atomic mass is 9.98. The molecule has 1 fully saturated rings. The minimum absolute atomic E-state index is 0.0300. The van der Waals surface area contributed by atoms with Crippen molar-refractivity contribution in [1.29, 1.82) is 0 Å². The number of aromatic nitrogens is 3. The summed E-state index contributed by atoms with van der Waals surface area (Å²) in [4.78, 5) is 28.6. The van der Waals surface area contributed by atoms with Gasteiger partial charge in [-0.25, -0.2) is 4.79 Å². The lowest BCUT2D eigenvalue weighted by Gasteiger charge is -2.27. The van der Waals surface area contributed by atoms with Crippen LogP contribution in [0.4, 0.5) is 5.69 Å². The first-order valence-electron chi connectivity index (χ1n) is 17.6. The molecule has 2 aromatic heterocycles. The van der Waals surface area contributed by atoms with Crippen LogP contribution in [0.2, 0.25) is 10.0 Å². The molecule has 0 saturated carbocycles. The normalized spacial score (nSPS) is 13.5. The molecular weight excluding hydrogens is 701 g/mol. The van der Waals surface area contributed by atoms with E-state index in [0.717, 1.165) is 80.5 Å². The summed E-state index contributed by atoms with van der Waals surface area (Å²) in [5.74, 6) is -0.384. The molecule has 0 spiro atoms. The quantitative estimate of drug-likeness (QED) is 0.0872. The van der Waals surface area contributed by atoms with E-state index in [9.17, 15) is 14.7 Å². The Bertz CT molecular complexity index is 2110. The number of ether oxygens (including phenoxy) is 2. The highest BCUT2D eigenvalue weighted by atomic mass is 35.5. The summed E-state index contributed by atoms with van der Waals surface area (Å²) in [5.41, 5.74) is 8.68. The number of morpholine rings is 1. The third kappa shape index (κ3) is 7.85. The second kappa shape index (κ2) is 16.1. The van der Waals surface area contributed by atoms with Gasteiger partial charge in [0, 0.05) is 66.1 Å². The first-order valence-corrected chi connectivity index (χ1v) is 18.3. The van der Waals surface area contributed by atoms with Crippen molar-refractivity contribution in [3.63, 3.8) is 0 Å². The number of hydrogen-bond donors (Lipinski definition) is 2. The average molecular weight is 747 g/mol. The second-order valence-electron chi connectivity index (χ2n) is 13.4. The predicted molar refractivity (Wildman–Crippen MR) is 207 cm³/mol. The lowest BCUT2D eigenvalue weighted by molar-refractivity contribution is 0.0364. The highest BCUT2D eigenvalue weighted by Crippen LogP contribution is 2.42. The van der Waals surface area contributed by atoms with E-state index < -0.39 is 5.97 Å². The van der Waals surface area contributed by atoms with Crippen LogP contribution in [-0.4, -0.2) is 82.1 Å². The predicted octanol–water partition coefficient (Wildman–Crippen LogP) is 7.92. The van der Waals surface area contributed by atoms with Crippen LogP contribution >= 0.6 is 23.2 Å². The molecule has 52 heavy (non-hydrogen) atoms. The number of aromatic carboxylic acids is 1. The van der Waals surface area contributed by atoms with Crippen molar-refractivity contribution in [2.75, 3.05) is 51.3 Å². The highest BCUT2D eigenvalue weighted by molar-refractivity contribution is 6.35. The smallest absolute Gasteiger partial charge is 0.335 e. The van der Waals surface area contributed by atoms with Crippen LogP contribution in [0, 0.1) is 27.7 Å².